The maximum absolute atomic E-state index is 14.2. The lowest BCUT2D eigenvalue weighted by Crippen LogP contribution is -2.28. The summed E-state index contributed by atoms with van der Waals surface area (Å²) in [6, 6.07) is 13.3. The third-order valence-corrected chi connectivity index (χ3v) is 5.30. The molecule has 0 fully saturated rings. The Hall–Kier alpha value is -3.50. The monoisotopic (exact) mass is 445 g/mol. The number of nitrogens with two attached hydrogens (primary N) is 1. The Bertz CT molecular complexity index is 1240. The summed E-state index contributed by atoms with van der Waals surface area (Å²) in [4.78, 5) is 25.3. The highest BCUT2D eigenvalue weighted by Crippen LogP contribution is 2.23. The SMILES string of the molecule is Cc1cc(NC(=O)c2ccc(S(N)(=O)=O)o2)c(C(=O)NC(C)c2ccccc2)cc1F. The lowest BCUT2D eigenvalue weighted by Gasteiger charge is -2.17. The van der Waals surface area contributed by atoms with Crippen LogP contribution in [-0.2, 0) is 10.0 Å². The van der Waals surface area contributed by atoms with E-state index < -0.39 is 32.7 Å². The highest BCUT2D eigenvalue weighted by atomic mass is 32.2. The van der Waals surface area contributed by atoms with Crippen LogP contribution in [0.5, 0.6) is 0 Å². The van der Waals surface area contributed by atoms with Gasteiger partial charge in [-0.1, -0.05) is 30.3 Å². The first-order valence-corrected chi connectivity index (χ1v) is 10.7. The van der Waals surface area contributed by atoms with E-state index in [1.807, 2.05) is 30.3 Å². The summed E-state index contributed by atoms with van der Waals surface area (Å²) >= 11 is 0. The predicted molar refractivity (Wildman–Crippen MR) is 111 cm³/mol. The van der Waals surface area contributed by atoms with Gasteiger partial charge < -0.3 is 15.1 Å². The average Bonchev–Trinajstić information content (AvgIpc) is 3.22. The third kappa shape index (κ3) is 5.16. The van der Waals surface area contributed by atoms with Crippen molar-refractivity contribution < 1.29 is 26.8 Å². The fourth-order valence-electron chi connectivity index (χ4n) is 2.85. The van der Waals surface area contributed by atoms with Gasteiger partial charge in [0.1, 0.15) is 5.82 Å². The van der Waals surface area contributed by atoms with Crippen molar-refractivity contribution in [2.24, 2.45) is 5.14 Å². The molecule has 3 rings (SSSR count). The topological polar surface area (TPSA) is 132 Å². The summed E-state index contributed by atoms with van der Waals surface area (Å²) in [6.07, 6.45) is 0. The molecule has 4 N–H and O–H groups in total. The van der Waals surface area contributed by atoms with Crippen molar-refractivity contribution in [2.45, 2.75) is 25.0 Å². The van der Waals surface area contributed by atoms with Crippen LogP contribution in [0.15, 0.2) is 64.1 Å². The standard InChI is InChI=1S/C21H20FN3O5S/c1-12-10-17(25-21(27)18-8-9-19(30-18)31(23,28)29)15(11-16(12)22)20(26)24-13(2)14-6-4-3-5-7-14/h3-11,13H,1-2H3,(H,24,26)(H,25,27)(H2,23,28,29). The molecule has 8 nitrogen and oxygen atoms in total. The molecular formula is C21H20FN3O5S. The molecular weight excluding hydrogens is 425 g/mol. The van der Waals surface area contributed by atoms with Crippen molar-refractivity contribution in [2.75, 3.05) is 5.32 Å². The van der Waals surface area contributed by atoms with Gasteiger partial charge >= 0.3 is 0 Å². The molecule has 1 heterocycles. The van der Waals surface area contributed by atoms with E-state index in [9.17, 15) is 22.4 Å². The van der Waals surface area contributed by atoms with Gasteiger partial charge in [0.05, 0.1) is 17.3 Å². The van der Waals surface area contributed by atoms with E-state index in [4.69, 9.17) is 9.56 Å². The Labute approximate surface area is 178 Å². The Morgan fingerprint density at radius 3 is 2.35 bits per heavy atom. The largest absolute Gasteiger partial charge is 0.438 e. The number of halogens is 1. The Kier molecular flexibility index (Phi) is 6.23. The third-order valence-electron chi connectivity index (χ3n) is 4.52. The van der Waals surface area contributed by atoms with Gasteiger partial charge in [-0.3, -0.25) is 9.59 Å². The highest BCUT2D eigenvalue weighted by Gasteiger charge is 2.22. The molecule has 0 bridgehead atoms. The molecule has 0 radical (unpaired) electrons. The van der Waals surface area contributed by atoms with Crippen molar-refractivity contribution >= 4 is 27.5 Å². The average molecular weight is 445 g/mol. The summed E-state index contributed by atoms with van der Waals surface area (Å²) in [6.45, 7) is 3.25. The molecule has 31 heavy (non-hydrogen) atoms. The second-order valence-electron chi connectivity index (χ2n) is 6.87. The fourth-order valence-corrected chi connectivity index (χ4v) is 3.31. The second kappa shape index (κ2) is 8.70. The normalized spacial score (nSPS) is 12.3. The number of rotatable bonds is 6. The zero-order chi connectivity index (χ0) is 22.8. The van der Waals surface area contributed by atoms with E-state index in [1.165, 1.54) is 13.0 Å². The molecule has 0 spiro atoms. The fraction of sp³-hybridized carbons (Fsp3) is 0.143. The molecule has 0 aliphatic carbocycles. The van der Waals surface area contributed by atoms with E-state index in [1.54, 1.807) is 6.92 Å². The van der Waals surface area contributed by atoms with Crippen LogP contribution in [0.2, 0.25) is 0 Å². The molecule has 1 atom stereocenters. The van der Waals surface area contributed by atoms with E-state index in [0.717, 1.165) is 23.8 Å². The number of sulfonamides is 1. The molecule has 10 heteroatoms. The second-order valence-corrected chi connectivity index (χ2v) is 8.36. The molecule has 1 unspecified atom stereocenters. The van der Waals surface area contributed by atoms with Gasteiger partial charge in [-0.05, 0) is 49.2 Å². The molecule has 2 aromatic carbocycles. The minimum absolute atomic E-state index is 0.0372. The van der Waals surface area contributed by atoms with Crippen LogP contribution >= 0.6 is 0 Å². The molecule has 3 aromatic rings. The van der Waals surface area contributed by atoms with Gasteiger partial charge in [-0.25, -0.2) is 17.9 Å². The minimum atomic E-state index is -4.12. The zero-order valence-corrected chi connectivity index (χ0v) is 17.5. The number of anilines is 1. The summed E-state index contributed by atoms with van der Waals surface area (Å²) < 4.78 is 41.8. The summed E-state index contributed by atoms with van der Waals surface area (Å²) in [7, 11) is -4.12. The Balaban J connectivity index is 1.87. The lowest BCUT2D eigenvalue weighted by atomic mass is 10.1. The number of carbonyl (C=O) groups is 2. The van der Waals surface area contributed by atoms with Crippen LogP contribution in [0.25, 0.3) is 0 Å². The van der Waals surface area contributed by atoms with Crippen molar-refractivity contribution in [1.82, 2.24) is 5.32 Å². The molecule has 2 amide bonds. The van der Waals surface area contributed by atoms with E-state index >= 15 is 0 Å². The first kappa shape index (κ1) is 22.2. The van der Waals surface area contributed by atoms with Gasteiger partial charge in [0, 0.05) is 0 Å². The van der Waals surface area contributed by atoms with Crippen LogP contribution in [0.3, 0.4) is 0 Å². The summed E-state index contributed by atoms with van der Waals surface area (Å²) in [5, 5.41) is 9.61. The van der Waals surface area contributed by atoms with Crippen LogP contribution < -0.4 is 15.8 Å². The first-order chi connectivity index (χ1) is 14.6. The Morgan fingerprint density at radius 2 is 1.74 bits per heavy atom. The molecule has 0 aliphatic rings. The smallest absolute Gasteiger partial charge is 0.291 e. The van der Waals surface area contributed by atoms with Crippen LogP contribution in [0.4, 0.5) is 10.1 Å². The number of nitrogens with one attached hydrogen (secondary N) is 2. The molecule has 0 saturated carbocycles. The number of amides is 2. The van der Waals surface area contributed by atoms with Gasteiger partial charge in [-0.2, -0.15) is 0 Å². The number of aryl methyl sites for hydroxylation is 1. The highest BCUT2D eigenvalue weighted by molar-refractivity contribution is 7.89. The van der Waals surface area contributed by atoms with Crippen molar-refractivity contribution in [1.29, 1.82) is 0 Å². The molecule has 1 aromatic heterocycles. The number of hydrogen-bond acceptors (Lipinski definition) is 5. The number of furan rings is 1. The van der Waals surface area contributed by atoms with Crippen molar-refractivity contribution in [3.8, 4) is 0 Å². The maximum Gasteiger partial charge on any atom is 0.291 e. The quantitative estimate of drug-likeness (QED) is 0.536. The summed E-state index contributed by atoms with van der Waals surface area (Å²) in [5.74, 6) is -2.39. The molecule has 0 saturated heterocycles. The lowest BCUT2D eigenvalue weighted by molar-refractivity contribution is 0.0940. The summed E-state index contributed by atoms with van der Waals surface area (Å²) in [5.41, 5.74) is 0.987. The van der Waals surface area contributed by atoms with Gasteiger partial charge in [-0.15, -0.1) is 0 Å². The maximum atomic E-state index is 14.2. The first-order valence-electron chi connectivity index (χ1n) is 9.16. The number of hydrogen-bond donors (Lipinski definition) is 3. The zero-order valence-electron chi connectivity index (χ0n) is 16.7. The molecule has 0 aliphatic heterocycles. The van der Waals surface area contributed by atoms with Crippen LogP contribution in [0, 0.1) is 12.7 Å². The van der Waals surface area contributed by atoms with E-state index in [-0.39, 0.29) is 28.6 Å². The minimum Gasteiger partial charge on any atom is -0.438 e. The number of benzene rings is 2. The van der Waals surface area contributed by atoms with Gasteiger partial charge in [0.15, 0.2) is 5.76 Å². The van der Waals surface area contributed by atoms with Gasteiger partial charge in [0.2, 0.25) is 5.09 Å². The molecule has 162 valence electrons. The van der Waals surface area contributed by atoms with Crippen LogP contribution in [-0.4, -0.2) is 20.2 Å². The number of primary sulfonamides is 1. The van der Waals surface area contributed by atoms with Crippen molar-refractivity contribution in [3.05, 3.63) is 82.9 Å². The predicted octanol–water partition coefficient (Wildman–Crippen LogP) is 3.12. The van der Waals surface area contributed by atoms with Gasteiger partial charge in [0.25, 0.3) is 21.8 Å². The van der Waals surface area contributed by atoms with E-state index in [0.29, 0.717) is 0 Å². The van der Waals surface area contributed by atoms with Crippen LogP contribution in [0.1, 0.15) is 45.0 Å². The van der Waals surface area contributed by atoms with E-state index in [2.05, 4.69) is 10.6 Å². The Morgan fingerprint density at radius 1 is 1.06 bits per heavy atom. The number of carbonyl (C=O) groups excluding carboxylic acids is 2. The van der Waals surface area contributed by atoms with Crippen molar-refractivity contribution in [3.63, 3.8) is 0 Å².